The van der Waals surface area contributed by atoms with Gasteiger partial charge in [0.1, 0.15) is 0 Å². The van der Waals surface area contributed by atoms with Crippen LogP contribution in [0.4, 0.5) is 0 Å². The monoisotopic (exact) mass is 353 g/mol. The molecule has 1 amide bonds. The Bertz CT molecular complexity index is 680. The lowest BCUT2D eigenvalue weighted by Crippen LogP contribution is -2.36. The Hall–Kier alpha value is -1.44. The third-order valence-electron chi connectivity index (χ3n) is 4.27. The third-order valence-corrected chi connectivity index (χ3v) is 6.31. The number of nitrogens with two attached hydrogens (primary N) is 1. The van der Waals surface area contributed by atoms with Crippen molar-refractivity contribution in [3.8, 4) is 0 Å². The average molecular weight is 353 g/mol. The second-order valence-electron chi connectivity index (χ2n) is 6.47. The van der Waals surface area contributed by atoms with Gasteiger partial charge in [0.05, 0.1) is 4.90 Å². The predicted octanol–water partition coefficient (Wildman–Crippen LogP) is 1.64. The van der Waals surface area contributed by atoms with Crippen molar-refractivity contribution < 1.29 is 13.2 Å². The van der Waals surface area contributed by atoms with Crippen LogP contribution in [0.3, 0.4) is 0 Å². The number of hydrogen-bond donors (Lipinski definition) is 2. The van der Waals surface area contributed by atoms with E-state index in [1.807, 2.05) is 6.92 Å². The van der Waals surface area contributed by atoms with E-state index in [1.54, 1.807) is 19.1 Å². The molecular formula is C17H27N3O3S. The maximum atomic E-state index is 12.9. The Kier molecular flexibility index (Phi) is 6.37. The lowest BCUT2D eigenvalue weighted by atomic mass is 10.1. The zero-order valence-electron chi connectivity index (χ0n) is 14.4. The van der Waals surface area contributed by atoms with Crippen LogP contribution >= 0.6 is 0 Å². The summed E-state index contributed by atoms with van der Waals surface area (Å²) in [7, 11) is -3.55. The molecular weight excluding hydrogens is 326 g/mol. The molecule has 1 saturated heterocycles. The molecule has 1 unspecified atom stereocenters. The zero-order valence-corrected chi connectivity index (χ0v) is 15.2. The Morgan fingerprint density at radius 1 is 1.29 bits per heavy atom. The minimum Gasteiger partial charge on any atom is -0.352 e. The number of amides is 1. The second kappa shape index (κ2) is 8.09. The van der Waals surface area contributed by atoms with Crippen molar-refractivity contribution in [2.45, 2.75) is 50.5 Å². The highest BCUT2D eigenvalue weighted by Crippen LogP contribution is 2.24. The second-order valence-corrected chi connectivity index (χ2v) is 8.37. The van der Waals surface area contributed by atoms with Crippen LogP contribution in [0, 0.1) is 6.92 Å². The van der Waals surface area contributed by atoms with Gasteiger partial charge >= 0.3 is 0 Å². The Labute approximate surface area is 144 Å². The molecule has 0 saturated carbocycles. The average Bonchev–Trinajstić information content (AvgIpc) is 2.55. The molecule has 1 aliphatic rings. The van der Waals surface area contributed by atoms with Crippen molar-refractivity contribution in [3.05, 3.63) is 29.3 Å². The van der Waals surface area contributed by atoms with Gasteiger partial charge in [-0.05, 0) is 50.8 Å². The van der Waals surface area contributed by atoms with Crippen molar-refractivity contribution in [3.63, 3.8) is 0 Å². The molecule has 7 heteroatoms. The van der Waals surface area contributed by atoms with Gasteiger partial charge in [-0.15, -0.1) is 0 Å². The van der Waals surface area contributed by atoms with Crippen molar-refractivity contribution >= 4 is 15.9 Å². The number of benzene rings is 1. The van der Waals surface area contributed by atoms with Crippen LogP contribution in [0.5, 0.6) is 0 Å². The Morgan fingerprint density at radius 3 is 2.58 bits per heavy atom. The maximum Gasteiger partial charge on any atom is 0.251 e. The molecule has 3 N–H and O–H groups in total. The maximum absolute atomic E-state index is 12.9. The number of piperidine rings is 1. The molecule has 24 heavy (non-hydrogen) atoms. The van der Waals surface area contributed by atoms with Crippen LogP contribution in [-0.2, 0) is 10.0 Å². The number of hydrogen-bond acceptors (Lipinski definition) is 4. The molecule has 0 radical (unpaired) electrons. The smallest absolute Gasteiger partial charge is 0.251 e. The van der Waals surface area contributed by atoms with Gasteiger partial charge in [0, 0.05) is 31.2 Å². The van der Waals surface area contributed by atoms with Crippen LogP contribution in [0.2, 0.25) is 0 Å². The van der Waals surface area contributed by atoms with E-state index < -0.39 is 10.0 Å². The van der Waals surface area contributed by atoms with Crippen molar-refractivity contribution in [1.82, 2.24) is 9.62 Å². The molecule has 1 aliphatic heterocycles. The third kappa shape index (κ3) is 4.55. The number of carbonyl (C=O) groups is 1. The number of sulfonamides is 1. The number of aryl methyl sites for hydroxylation is 1. The molecule has 1 aromatic carbocycles. The molecule has 0 aromatic heterocycles. The minimum absolute atomic E-state index is 0.0124. The highest BCUT2D eigenvalue weighted by Gasteiger charge is 2.28. The van der Waals surface area contributed by atoms with E-state index in [-0.39, 0.29) is 16.8 Å². The van der Waals surface area contributed by atoms with Crippen LogP contribution in [-0.4, -0.2) is 44.3 Å². The van der Waals surface area contributed by atoms with Crippen molar-refractivity contribution in [2.24, 2.45) is 5.73 Å². The first-order valence-electron chi connectivity index (χ1n) is 8.47. The van der Waals surface area contributed by atoms with Gasteiger partial charge in [0.2, 0.25) is 10.0 Å². The van der Waals surface area contributed by atoms with Gasteiger partial charge in [0.25, 0.3) is 5.91 Å². The standard InChI is InChI=1S/C17H27N3O3S/c1-13-6-7-15(17(21)19-9-8-14(2)18)12-16(13)24(22,23)20-10-4-3-5-11-20/h6-7,12,14H,3-5,8-11,18H2,1-2H3,(H,19,21). The summed E-state index contributed by atoms with van der Waals surface area (Å²) in [6, 6.07) is 4.85. The van der Waals surface area contributed by atoms with Crippen molar-refractivity contribution in [2.75, 3.05) is 19.6 Å². The first kappa shape index (κ1) is 18.9. The van der Waals surface area contributed by atoms with Gasteiger partial charge in [-0.3, -0.25) is 4.79 Å². The summed E-state index contributed by atoms with van der Waals surface area (Å²) in [6.45, 7) is 5.20. The van der Waals surface area contributed by atoms with E-state index in [0.717, 1.165) is 19.3 Å². The van der Waals surface area contributed by atoms with Gasteiger partial charge in [-0.1, -0.05) is 12.5 Å². The van der Waals surface area contributed by atoms with Crippen LogP contribution in [0.25, 0.3) is 0 Å². The van der Waals surface area contributed by atoms with E-state index in [0.29, 0.717) is 37.2 Å². The van der Waals surface area contributed by atoms with Crippen LogP contribution < -0.4 is 11.1 Å². The molecule has 2 rings (SSSR count). The predicted molar refractivity (Wildman–Crippen MR) is 94.4 cm³/mol. The van der Waals surface area contributed by atoms with Gasteiger partial charge < -0.3 is 11.1 Å². The van der Waals surface area contributed by atoms with E-state index in [4.69, 9.17) is 5.73 Å². The summed E-state index contributed by atoms with van der Waals surface area (Å²) in [6.07, 6.45) is 3.51. The summed E-state index contributed by atoms with van der Waals surface area (Å²) in [4.78, 5) is 12.5. The van der Waals surface area contributed by atoms with E-state index in [2.05, 4.69) is 5.32 Å². The van der Waals surface area contributed by atoms with Gasteiger partial charge in [-0.2, -0.15) is 4.31 Å². The SMILES string of the molecule is Cc1ccc(C(=O)NCCC(C)N)cc1S(=O)(=O)N1CCCCC1. The fraction of sp³-hybridized carbons (Fsp3) is 0.588. The fourth-order valence-electron chi connectivity index (χ4n) is 2.78. The van der Waals surface area contributed by atoms with Crippen molar-refractivity contribution in [1.29, 1.82) is 0 Å². The largest absolute Gasteiger partial charge is 0.352 e. The quantitative estimate of drug-likeness (QED) is 0.813. The molecule has 0 aliphatic carbocycles. The molecule has 1 heterocycles. The summed E-state index contributed by atoms with van der Waals surface area (Å²) in [5, 5.41) is 2.78. The normalized spacial score (nSPS) is 17.5. The highest BCUT2D eigenvalue weighted by molar-refractivity contribution is 7.89. The number of nitrogens with one attached hydrogen (secondary N) is 1. The lowest BCUT2D eigenvalue weighted by Gasteiger charge is -2.26. The first-order chi connectivity index (χ1) is 11.3. The number of nitrogens with zero attached hydrogens (tertiary/aromatic N) is 1. The summed E-state index contributed by atoms with van der Waals surface area (Å²) >= 11 is 0. The fourth-order valence-corrected chi connectivity index (χ4v) is 4.55. The summed E-state index contributed by atoms with van der Waals surface area (Å²) in [5.41, 5.74) is 6.69. The summed E-state index contributed by atoms with van der Waals surface area (Å²) < 4.78 is 27.3. The van der Waals surface area contributed by atoms with E-state index in [9.17, 15) is 13.2 Å². The van der Waals surface area contributed by atoms with Gasteiger partial charge in [0.15, 0.2) is 0 Å². The first-order valence-corrected chi connectivity index (χ1v) is 9.91. The molecule has 0 spiro atoms. The number of carbonyl (C=O) groups excluding carboxylic acids is 1. The Balaban J connectivity index is 2.20. The number of rotatable bonds is 6. The van der Waals surface area contributed by atoms with E-state index in [1.165, 1.54) is 10.4 Å². The molecule has 134 valence electrons. The molecule has 1 atom stereocenters. The zero-order chi connectivity index (χ0) is 17.7. The Morgan fingerprint density at radius 2 is 1.96 bits per heavy atom. The molecule has 6 nitrogen and oxygen atoms in total. The van der Waals surface area contributed by atoms with E-state index >= 15 is 0 Å². The summed E-state index contributed by atoms with van der Waals surface area (Å²) in [5.74, 6) is -0.272. The topological polar surface area (TPSA) is 92.5 Å². The lowest BCUT2D eigenvalue weighted by molar-refractivity contribution is 0.0952. The molecule has 0 bridgehead atoms. The van der Waals surface area contributed by atoms with Gasteiger partial charge in [-0.25, -0.2) is 8.42 Å². The minimum atomic E-state index is -3.55. The highest BCUT2D eigenvalue weighted by atomic mass is 32.2. The van der Waals surface area contributed by atoms with Crippen LogP contribution in [0.1, 0.15) is 48.5 Å². The molecule has 1 fully saturated rings. The van der Waals surface area contributed by atoms with Crippen LogP contribution in [0.15, 0.2) is 23.1 Å². The molecule has 1 aromatic rings.